The Morgan fingerprint density at radius 1 is 1.33 bits per heavy atom. The Hall–Kier alpha value is -0.770. The molecule has 4 heteroatoms. The van der Waals surface area contributed by atoms with E-state index in [9.17, 15) is 4.79 Å². The fourth-order valence-electron chi connectivity index (χ4n) is 1.58. The van der Waals surface area contributed by atoms with Gasteiger partial charge in [0.1, 0.15) is 0 Å². The minimum atomic E-state index is -0.941. The number of rotatable bonds is 4. The molecule has 3 N–H and O–H groups in total. The van der Waals surface area contributed by atoms with Gasteiger partial charge in [-0.15, -0.1) is 0 Å². The van der Waals surface area contributed by atoms with Gasteiger partial charge in [0.15, 0.2) is 0 Å². The molecule has 1 fully saturated rings. The maximum Gasteiger partial charge on any atom is 0.404 e. The van der Waals surface area contributed by atoms with Crippen molar-refractivity contribution in [2.45, 2.75) is 31.7 Å². The van der Waals surface area contributed by atoms with E-state index in [1.807, 2.05) is 0 Å². The molecule has 0 saturated heterocycles. The van der Waals surface area contributed by atoms with E-state index in [-0.39, 0.29) is 0 Å². The highest BCUT2D eigenvalue weighted by atomic mass is 16.4. The Labute approximate surface area is 72.3 Å². The van der Waals surface area contributed by atoms with Crippen molar-refractivity contribution in [3.05, 3.63) is 0 Å². The summed E-state index contributed by atoms with van der Waals surface area (Å²) in [5.41, 5.74) is 0. The minimum absolute atomic E-state index is 0.506. The molecule has 0 aliphatic heterocycles. The van der Waals surface area contributed by atoms with Crippen LogP contribution in [0.1, 0.15) is 25.7 Å². The molecule has 1 amide bonds. The molecule has 0 bridgehead atoms. The van der Waals surface area contributed by atoms with E-state index in [2.05, 4.69) is 10.6 Å². The molecule has 0 spiro atoms. The number of amides is 1. The highest BCUT2D eigenvalue weighted by Crippen LogP contribution is 2.16. The zero-order valence-corrected chi connectivity index (χ0v) is 7.18. The molecule has 0 aromatic carbocycles. The molecule has 0 atom stereocenters. The predicted molar refractivity (Wildman–Crippen MR) is 46.3 cm³/mol. The molecule has 1 aliphatic rings. The van der Waals surface area contributed by atoms with Crippen LogP contribution in [0, 0.1) is 0 Å². The SMILES string of the molecule is O=C(O)NCCNC1CCCC1. The maximum atomic E-state index is 10.1. The monoisotopic (exact) mass is 172 g/mol. The van der Waals surface area contributed by atoms with Gasteiger partial charge >= 0.3 is 6.09 Å². The van der Waals surface area contributed by atoms with Crippen LogP contribution < -0.4 is 10.6 Å². The number of nitrogens with one attached hydrogen (secondary N) is 2. The number of hydrogen-bond acceptors (Lipinski definition) is 2. The normalized spacial score (nSPS) is 18.0. The lowest BCUT2D eigenvalue weighted by molar-refractivity contribution is 0.194. The summed E-state index contributed by atoms with van der Waals surface area (Å²) in [4.78, 5) is 10.1. The second kappa shape index (κ2) is 4.98. The Kier molecular flexibility index (Phi) is 3.87. The van der Waals surface area contributed by atoms with Gasteiger partial charge in [0.05, 0.1) is 0 Å². The van der Waals surface area contributed by atoms with Crippen molar-refractivity contribution < 1.29 is 9.90 Å². The van der Waals surface area contributed by atoms with Crippen LogP contribution in [0.25, 0.3) is 0 Å². The van der Waals surface area contributed by atoms with Gasteiger partial charge in [-0.3, -0.25) is 0 Å². The minimum Gasteiger partial charge on any atom is -0.465 e. The third-order valence-corrected chi connectivity index (χ3v) is 2.19. The largest absolute Gasteiger partial charge is 0.465 e. The molecule has 0 aromatic heterocycles. The van der Waals surface area contributed by atoms with Crippen LogP contribution in [-0.2, 0) is 0 Å². The lowest BCUT2D eigenvalue weighted by Gasteiger charge is -2.10. The van der Waals surface area contributed by atoms with E-state index in [1.165, 1.54) is 25.7 Å². The molecule has 1 saturated carbocycles. The molecule has 0 aromatic rings. The van der Waals surface area contributed by atoms with Crippen LogP contribution >= 0.6 is 0 Å². The van der Waals surface area contributed by atoms with Gasteiger partial charge < -0.3 is 15.7 Å². The zero-order chi connectivity index (χ0) is 8.81. The molecule has 70 valence electrons. The fraction of sp³-hybridized carbons (Fsp3) is 0.875. The fourth-order valence-corrected chi connectivity index (χ4v) is 1.58. The Morgan fingerprint density at radius 2 is 2.00 bits per heavy atom. The average molecular weight is 172 g/mol. The van der Waals surface area contributed by atoms with Crippen LogP contribution in [0.15, 0.2) is 0 Å². The van der Waals surface area contributed by atoms with Crippen molar-refractivity contribution in [3.63, 3.8) is 0 Å². The van der Waals surface area contributed by atoms with Crippen molar-refractivity contribution in [1.82, 2.24) is 10.6 Å². The lowest BCUT2D eigenvalue weighted by Crippen LogP contribution is -2.35. The first-order valence-corrected chi connectivity index (χ1v) is 4.49. The molecular weight excluding hydrogens is 156 g/mol. The summed E-state index contributed by atoms with van der Waals surface area (Å²) < 4.78 is 0. The summed E-state index contributed by atoms with van der Waals surface area (Å²) in [5.74, 6) is 0. The zero-order valence-electron chi connectivity index (χ0n) is 7.18. The van der Waals surface area contributed by atoms with Crippen molar-refractivity contribution in [2.75, 3.05) is 13.1 Å². The van der Waals surface area contributed by atoms with Gasteiger partial charge in [0.25, 0.3) is 0 Å². The quantitative estimate of drug-likeness (QED) is 0.549. The van der Waals surface area contributed by atoms with E-state index in [1.54, 1.807) is 0 Å². The summed E-state index contributed by atoms with van der Waals surface area (Å²) in [6, 6.07) is 0.626. The van der Waals surface area contributed by atoms with Gasteiger partial charge in [-0.1, -0.05) is 12.8 Å². The van der Waals surface area contributed by atoms with Crippen LogP contribution in [0.4, 0.5) is 4.79 Å². The van der Waals surface area contributed by atoms with Crippen LogP contribution in [0.3, 0.4) is 0 Å². The van der Waals surface area contributed by atoms with E-state index in [4.69, 9.17) is 5.11 Å². The standard InChI is InChI=1S/C8H16N2O2/c11-8(12)10-6-5-9-7-3-1-2-4-7/h7,9-10H,1-6H2,(H,11,12). The lowest BCUT2D eigenvalue weighted by atomic mass is 10.2. The van der Waals surface area contributed by atoms with Crippen molar-refractivity contribution in [2.24, 2.45) is 0 Å². The second-order valence-corrected chi connectivity index (χ2v) is 3.17. The molecule has 0 heterocycles. The second-order valence-electron chi connectivity index (χ2n) is 3.17. The highest BCUT2D eigenvalue weighted by molar-refractivity contribution is 5.64. The van der Waals surface area contributed by atoms with E-state index in [0.717, 1.165) is 6.54 Å². The summed E-state index contributed by atoms with van der Waals surface area (Å²) in [7, 11) is 0. The number of carboxylic acid groups (broad SMARTS) is 1. The van der Waals surface area contributed by atoms with Crippen molar-refractivity contribution in [1.29, 1.82) is 0 Å². The van der Waals surface area contributed by atoms with E-state index >= 15 is 0 Å². The number of carbonyl (C=O) groups is 1. The number of hydrogen-bond donors (Lipinski definition) is 3. The molecule has 4 nitrogen and oxygen atoms in total. The molecular formula is C8H16N2O2. The smallest absolute Gasteiger partial charge is 0.404 e. The average Bonchev–Trinajstić information content (AvgIpc) is 2.49. The van der Waals surface area contributed by atoms with Crippen molar-refractivity contribution >= 4 is 6.09 Å². The molecule has 12 heavy (non-hydrogen) atoms. The van der Waals surface area contributed by atoms with Crippen LogP contribution in [-0.4, -0.2) is 30.3 Å². The first-order chi connectivity index (χ1) is 5.79. The third kappa shape index (κ3) is 3.57. The topological polar surface area (TPSA) is 61.4 Å². The van der Waals surface area contributed by atoms with E-state index in [0.29, 0.717) is 12.6 Å². The summed E-state index contributed by atoms with van der Waals surface area (Å²) in [5, 5.41) is 13.9. The Morgan fingerprint density at radius 3 is 2.58 bits per heavy atom. The van der Waals surface area contributed by atoms with Gasteiger partial charge in [-0.2, -0.15) is 0 Å². The molecule has 1 rings (SSSR count). The van der Waals surface area contributed by atoms with Gasteiger partial charge in [-0.05, 0) is 12.8 Å². The summed E-state index contributed by atoms with van der Waals surface area (Å²) >= 11 is 0. The van der Waals surface area contributed by atoms with Crippen LogP contribution in [0.5, 0.6) is 0 Å². The first kappa shape index (κ1) is 9.32. The van der Waals surface area contributed by atoms with Gasteiger partial charge in [-0.25, -0.2) is 4.79 Å². The van der Waals surface area contributed by atoms with Gasteiger partial charge in [0.2, 0.25) is 0 Å². The van der Waals surface area contributed by atoms with Crippen LogP contribution in [0.2, 0.25) is 0 Å². The van der Waals surface area contributed by atoms with Gasteiger partial charge in [0, 0.05) is 19.1 Å². The van der Waals surface area contributed by atoms with E-state index < -0.39 is 6.09 Å². The summed E-state index contributed by atoms with van der Waals surface area (Å²) in [6.07, 6.45) is 4.16. The predicted octanol–water partition coefficient (Wildman–Crippen LogP) is 0.786. The summed E-state index contributed by atoms with van der Waals surface area (Å²) in [6.45, 7) is 1.25. The molecule has 0 radical (unpaired) electrons. The Balaban J connectivity index is 1.91. The maximum absolute atomic E-state index is 10.1. The first-order valence-electron chi connectivity index (χ1n) is 4.49. The Bertz CT molecular complexity index is 144. The molecule has 0 unspecified atom stereocenters. The highest BCUT2D eigenvalue weighted by Gasteiger charge is 2.13. The van der Waals surface area contributed by atoms with Crippen molar-refractivity contribution in [3.8, 4) is 0 Å². The third-order valence-electron chi connectivity index (χ3n) is 2.19. The molecule has 1 aliphatic carbocycles.